The Balaban J connectivity index is 2.75. The molecule has 14 heavy (non-hydrogen) atoms. The highest BCUT2D eigenvalue weighted by Gasteiger charge is 2.16. The van der Waals surface area contributed by atoms with Crippen LogP contribution in [-0.2, 0) is 11.2 Å². The van der Waals surface area contributed by atoms with Crippen molar-refractivity contribution in [2.75, 3.05) is 0 Å². The quantitative estimate of drug-likeness (QED) is 0.313. The highest BCUT2D eigenvalue weighted by Crippen LogP contribution is 2.07. The van der Waals surface area contributed by atoms with Gasteiger partial charge in [-0.05, 0) is 17.5 Å². The first-order valence-corrected chi connectivity index (χ1v) is 4.01. The molecule has 1 aromatic carbocycles. The van der Waals surface area contributed by atoms with Crippen LogP contribution in [0.5, 0.6) is 0 Å². The van der Waals surface area contributed by atoms with E-state index in [9.17, 15) is 9.18 Å². The first kappa shape index (κ1) is 10.2. The monoisotopic (exact) mass is 193 g/mol. The zero-order chi connectivity index (χ0) is 10.4. The third-order valence-electron chi connectivity index (χ3n) is 1.72. The van der Waals surface area contributed by atoms with Crippen LogP contribution < -0.4 is 0 Å². The number of rotatable bonds is 4. The summed E-state index contributed by atoms with van der Waals surface area (Å²) in [5, 5.41) is 3.07. The van der Waals surface area contributed by atoms with Crippen LogP contribution in [0.4, 0.5) is 4.39 Å². The number of carbonyl (C=O) groups is 1. The van der Waals surface area contributed by atoms with Crippen LogP contribution in [0.25, 0.3) is 10.4 Å². The summed E-state index contributed by atoms with van der Waals surface area (Å²) in [6, 6.07) is 5.97. The lowest BCUT2D eigenvalue weighted by molar-refractivity contribution is -0.130. The highest BCUT2D eigenvalue weighted by atomic mass is 19.1. The summed E-state index contributed by atoms with van der Waals surface area (Å²) in [7, 11) is 0. The molecule has 0 bridgehead atoms. The smallest absolute Gasteiger partial charge is 0.261 e. The Bertz CT molecular complexity index is 358. The second-order valence-electron chi connectivity index (χ2n) is 2.71. The molecular weight excluding hydrogens is 185 g/mol. The molecule has 0 aliphatic heterocycles. The molecule has 1 rings (SSSR count). The summed E-state index contributed by atoms with van der Waals surface area (Å²) in [6.45, 7) is 0. The third-order valence-corrected chi connectivity index (χ3v) is 1.72. The molecule has 0 aromatic heterocycles. The van der Waals surface area contributed by atoms with Gasteiger partial charge in [0.05, 0.1) is 0 Å². The summed E-state index contributed by atoms with van der Waals surface area (Å²) < 4.78 is 12.3. The zero-order valence-corrected chi connectivity index (χ0v) is 7.30. The van der Waals surface area contributed by atoms with Gasteiger partial charge in [-0.3, -0.25) is 4.79 Å². The second kappa shape index (κ2) is 4.99. The molecule has 0 amide bonds. The van der Waals surface area contributed by atoms with E-state index in [2.05, 4.69) is 10.0 Å². The normalized spacial score (nSPS) is 11.5. The number of nitrogens with zero attached hydrogens (tertiary/aromatic N) is 3. The van der Waals surface area contributed by atoms with Gasteiger partial charge in [0.2, 0.25) is 0 Å². The first-order valence-electron chi connectivity index (χ1n) is 4.01. The summed E-state index contributed by atoms with van der Waals surface area (Å²) >= 11 is 0. The molecule has 0 heterocycles. The van der Waals surface area contributed by atoms with E-state index < -0.39 is 12.1 Å². The molecule has 0 spiro atoms. The average Bonchev–Trinajstić information content (AvgIpc) is 2.18. The number of benzene rings is 1. The summed E-state index contributed by atoms with van der Waals surface area (Å²) in [5.41, 5.74) is 8.86. The fourth-order valence-corrected chi connectivity index (χ4v) is 1.07. The molecule has 0 aliphatic carbocycles. The molecule has 5 heteroatoms. The van der Waals surface area contributed by atoms with Crippen LogP contribution in [0.3, 0.4) is 0 Å². The fraction of sp³-hybridized carbons (Fsp3) is 0.222. The lowest BCUT2D eigenvalue weighted by Gasteiger charge is -2.03. The molecule has 4 nitrogen and oxygen atoms in total. The van der Waals surface area contributed by atoms with Gasteiger partial charge in [-0.2, -0.15) is 4.39 Å². The van der Waals surface area contributed by atoms with Crippen molar-refractivity contribution in [1.29, 1.82) is 0 Å². The Hall–Kier alpha value is -1.87. The summed E-state index contributed by atoms with van der Waals surface area (Å²) in [5.74, 6) is 0. The van der Waals surface area contributed by atoms with Gasteiger partial charge >= 0.3 is 6.04 Å². The van der Waals surface area contributed by atoms with Gasteiger partial charge in [0.1, 0.15) is 6.04 Å². The molecular formula is C9H8FN3O. The molecule has 72 valence electrons. The van der Waals surface area contributed by atoms with Crippen LogP contribution in [0.1, 0.15) is 5.56 Å². The fourth-order valence-electron chi connectivity index (χ4n) is 1.07. The van der Waals surface area contributed by atoms with Crippen molar-refractivity contribution in [1.82, 2.24) is 0 Å². The third kappa shape index (κ3) is 2.88. The standard InChI is InChI=1S/C9H8FN3O/c10-9(14)8(12-13-11)6-7-4-2-1-3-5-7/h1-5,8H,6H2/t8-/m0/s1. The van der Waals surface area contributed by atoms with Crippen molar-refractivity contribution in [2.45, 2.75) is 12.5 Å². The van der Waals surface area contributed by atoms with Gasteiger partial charge in [-0.1, -0.05) is 35.4 Å². The van der Waals surface area contributed by atoms with Crippen molar-refractivity contribution >= 4 is 6.04 Å². The lowest BCUT2D eigenvalue weighted by atomic mass is 10.1. The number of azide groups is 1. The molecule has 0 saturated heterocycles. The second-order valence-corrected chi connectivity index (χ2v) is 2.71. The molecule has 0 fully saturated rings. The Kier molecular flexibility index (Phi) is 3.64. The topological polar surface area (TPSA) is 65.8 Å². The van der Waals surface area contributed by atoms with E-state index in [0.717, 1.165) is 5.56 Å². The maximum atomic E-state index is 12.3. The lowest BCUT2D eigenvalue weighted by Crippen LogP contribution is -2.16. The SMILES string of the molecule is [N-]=[N+]=N[C@@H](Cc1ccccc1)C(=O)F. The molecule has 0 aliphatic rings. The van der Waals surface area contributed by atoms with Crippen molar-refractivity contribution < 1.29 is 9.18 Å². The van der Waals surface area contributed by atoms with Crippen molar-refractivity contribution in [3.8, 4) is 0 Å². The van der Waals surface area contributed by atoms with Gasteiger partial charge in [-0.15, -0.1) is 0 Å². The molecule has 0 unspecified atom stereocenters. The Morgan fingerprint density at radius 2 is 2.14 bits per heavy atom. The Morgan fingerprint density at radius 3 is 2.64 bits per heavy atom. The van der Waals surface area contributed by atoms with E-state index in [1.165, 1.54) is 0 Å². The number of carbonyl (C=O) groups excluding carboxylic acids is 1. The average molecular weight is 193 g/mol. The minimum Gasteiger partial charge on any atom is -0.261 e. The molecule has 1 atom stereocenters. The van der Waals surface area contributed by atoms with Crippen LogP contribution in [0, 0.1) is 0 Å². The van der Waals surface area contributed by atoms with Crippen LogP contribution >= 0.6 is 0 Å². The first-order chi connectivity index (χ1) is 6.74. The van der Waals surface area contributed by atoms with Gasteiger partial charge in [0.15, 0.2) is 0 Å². The molecule has 0 saturated carbocycles. The van der Waals surface area contributed by atoms with E-state index in [1.807, 2.05) is 6.07 Å². The minimum absolute atomic E-state index is 0.0975. The summed E-state index contributed by atoms with van der Waals surface area (Å²) in [6.07, 6.45) is 0.0975. The molecule has 0 N–H and O–H groups in total. The Morgan fingerprint density at radius 1 is 1.50 bits per heavy atom. The Labute approximate surface area is 80.0 Å². The molecule has 1 aromatic rings. The van der Waals surface area contributed by atoms with Crippen LogP contribution in [-0.4, -0.2) is 12.1 Å². The number of hydrogen-bond donors (Lipinski definition) is 0. The minimum atomic E-state index is -1.60. The summed E-state index contributed by atoms with van der Waals surface area (Å²) in [4.78, 5) is 12.8. The predicted molar refractivity (Wildman–Crippen MR) is 49.2 cm³/mol. The van der Waals surface area contributed by atoms with Crippen molar-refractivity contribution in [2.24, 2.45) is 5.11 Å². The predicted octanol–water partition coefficient (Wildman–Crippen LogP) is 2.40. The van der Waals surface area contributed by atoms with Crippen LogP contribution in [0.2, 0.25) is 0 Å². The van der Waals surface area contributed by atoms with Crippen molar-refractivity contribution in [3.05, 3.63) is 46.3 Å². The van der Waals surface area contributed by atoms with E-state index in [-0.39, 0.29) is 6.42 Å². The van der Waals surface area contributed by atoms with E-state index in [4.69, 9.17) is 5.53 Å². The maximum absolute atomic E-state index is 12.3. The number of halogens is 1. The van der Waals surface area contributed by atoms with Crippen molar-refractivity contribution in [3.63, 3.8) is 0 Å². The van der Waals surface area contributed by atoms with Gasteiger partial charge in [0.25, 0.3) is 0 Å². The van der Waals surface area contributed by atoms with Gasteiger partial charge < -0.3 is 0 Å². The van der Waals surface area contributed by atoms with E-state index >= 15 is 0 Å². The highest BCUT2D eigenvalue weighted by molar-refractivity contribution is 5.75. The zero-order valence-electron chi connectivity index (χ0n) is 7.30. The van der Waals surface area contributed by atoms with Gasteiger partial charge in [0, 0.05) is 4.91 Å². The maximum Gasteiger partial charge on any atom is 0.310 e. The largest absolute Gasteiger partial charge is 0.310 e. The van der Waals surface area contributed by atoms with E-state index in [1.54, 1.807) is 24.3 Å². The number of hydrogen-bond acceptors (Lipinski definition) is 2. The van der Waals surface area contributed by atoms with Crippen LogP contribution in [0.15, 0.2) is 35.4 Å². The van der Waals surface area contributed by atoms with E-state index in [0.29, 0.717) is 0 Å². The molecule has 0 radical (unpaired) electrons. The van der Waals surface area contributed by atoms with Gasteiger partial charge in [-0.25, -0.2) is 0 Å².